The van der Waals surface area contributed by atoms with Gasteiger partial charge in [0.2, 0.25) is 5.91 Å². The van der Waals surface area contributed by atoms with E-state index in [0.29, 0.717) is 17.8 Å². The lowest BCUT2D eigenvalue weighted by Crippen LogP contribution is -2.55. The summed E-state index contributed by atoms with van der Waals surface area (Å²) in [5, 5.41) is 8.05. The van der Waals surface area contributed by atoms with Crippen molar-refractivity contribution in [3.05, 3.63) is 42.0 Å². The molecule has 2 fully saturated rings. The van der Waals surface area contributed by atoms with E-state index in [-0.39, 0.29) is 23.3 Å². The standard InChI is InChI=1S/C23H29N3O3/c1-23(2,26-9-11-29-12-10-26)15-24-22(28)19-13-17-5-3-4-6-18(17)14-20(19)25-21(27)16-7-8-16/h3-6,13-14,16H,7-12,15H2,1-2H3,(H,24,28)(H,25,27). The highest BCUT2D eigenvalue weighted by Gasteiger charge is 2.31. The summed E-state index contributed by atoms with van der Waals surface area (Å²) in [5.41, 5.74) is 0.922. The van der Waals surface area contributed by atoms with Crippen LogP contribution < -0.4 is 10.6 Å². The molecular weight excluding hydrogens is 366 g/mol. The summed E-state index contributed by atoms with van der Waals surface area (Å²) in [4.78, 5) is 27.8. The number of hydrogen-bond donors (Lipinski definition) is 2. The summed E-state index contributed by atoms with van der Waals surface area (Å²) in [5.74, 6) is -0.0798. The number of nitrogens with zero attached hydrogens (tertiary/aromatic N) is 1. The van der Waals surface area contributed by atoms with E-state index in [1.54, 1.807) is 0 Å². The first-order valence-electron chi connectivity index (χ1n) is 10.4. The van der Waals surface area contributed by atoms with Gasteiger partial charge in [0.05, 0.1) is 24.5 Å². The lowest BCUT2D eigenvalue weighted by atomic mass is 10.0. The Hall–Kier alpha value is -2.44. The molecule has 1 saturated carbocycles. The third kappa shape index (κ3) is 4.60. The first-order chi connectivity index (χ1) is 13.9. The molecule has 6 heteroatoms. The van der Waals surface area contributed by atoms with Gasteiger partial charge < -0.3 is 15.4 Å². The molecule has 1 aliphatic heterocycles. The van der Waals surface area contributed by atoms with Crippen LogP contribution in [-0.2, 0) is 9.53 Å². The number of benzene rings is 2. The lowest BCUT2D eigenvalue weighted by Gasteiger charge is -2.40. The molecule has 6 nitrogen and oxygen atoms in total. The number of rotatable bonds is 6. The van der Waals surface area contributed by atoms with Crippen LogP contribution in [0.1, 0.15) is 37.0 Å². The number of anilines is 1. The molecule has 1 aliphatic carbocycles. The van der Waals surface area contributed by atoms with Crippen LogP contribution in [0.25, 0.3) is 10.8 Å². The van der Waals surface area contributed by atoms with Crippen molar-refractivity contribution < 1.29 is 14.3 Å². The number of carbonyl (C=O) groups is 2. The van der Waals surface area contributed by atoms with Gasteiger partial charge in [0.15, 0.2) is 0 Å². The largest absolute Gasteiger partial charge is 0.379 e. The molecule has 0 spiro atoms. The smallest absolute Gasteiger partial charge is 0.253 e. The highest BCUT2D eigenvalue weighted by molar-refractivity contribution is 6.08. The Kier molecular flexibility index (Phi) is 5.56. The molecule has 0 aromatic heterocycles. The molecule has 2 aliphatic rings. The number of ether oxygens (including phenoxy) is 1. The van der Waals surface area contributed by atoms with Gasteiger partial charge in [0.1, 0.15) is 0 Å². The molecule has 4 rings (SSSR count). The van der Waals surface area contributed by atoms with Crippen molar-refractivity contribution in [2.24, 2.45) is 5.92 Å². The van der Waals surface area contributed by atoms with Crippen LogP contribution in [0, 0.1) is 5.92 Å². The Morgan fingerprint density at radius 3 is 2.41 bits per heavy atom. The molecule has 2 aromatic rings. The molecule has 2 amide bonds. The van der Waals surface area contributed by atoms with Crippen molar-refractivity contribution in [2.45, 2.75) is 32.2 Å². The minimum Gasteiger partial charge on any atom is -0.379 e. The number of fused-ring (bicyclic) bond motifs is 1. The minimum atomic E-state index is -0.173. The molecule has 0 bridgehead atoms. The summed E-state index contributed by atoms with van der Waals surface area (Å²) < 4.78 is 5.44. The normalized spacial score (nSPS) is 17.9. The zero-order chi connectivity index (χ0) is 20.4. The Bertz CT molecular complexity index is 915. The Morgan fingerprint density at radius 2 is 1.76 bits per heavy atom. The van der Waals surface area contributed by atoms with E-state index in [0.717, 1.165) is 49.9 Å². The van der Waals surface area contributed by atoms with E-state index < -0.39 is 0 Å². The van der Waals surface area contributed by atoms with Gasteiger partial charge in [0, 0.05) is 31.1 Å². The quantitative estimate of drug-likeness (QED) is 0.789. The highest BCUT2D eigenvalue weighted by Crippen LogP contribution is 2.32. The second-order valence-corrected chi connectivity index (χ2v) is 8.60. The SMILES string of the molecule is CC(C)(CNC(=O)c1cc2ccccc2cc1NC(=O)C1CC1)N1CCOCC1. The third-order valence-corrected chi connectivity index (χ3v) is 5.89. The molecule has 29 heavy (non-hydrogen) atoms. The van der Waals surface area contributed by atoms with Crippen LogP contribution in [0.5, 0.6) is 0 Å². The van der Waals surface area contributed by atoms with E-state index >= 15 is 0 Å². The lowest BCUT2D eigenvalue weighted by molar-refractivity contribution is -0.117. The fourth-order valence-corrected chi connectivity index (χ4v) is 3.78. The van der Waals surface area contributed by atoms with Crippen molar-refractivity contribution in [2.75, 3.05) is 38.2 Å². The average Bonchev–Trinajstić information content (AvgIpc) is 3.58. The third-order valence-electron chi connectivity index (χ3n) is 5.89. The monoisotopic (exact) mass is 395 g/mol. The van der Waals surface area contributed by atoms with Gasteiger partial charge in [-0.3, -0.25) is 14.5 Å². The van der Waals surface area contributed by atoms with E-state index in [1.807, 2.05) is 36.4 Å². The van der Waals surface area contributed by atoms with Gasteiger partial charge in [-0.1, -0.05) is 24.3 Å². The molecule has 2 N–H and O–H groups in total. The Labute approximate surface area is 171 Å². The fourth-order valence-electron chi connectivity index (χ4n) is 3.78. The van der Waals surface area contributed by atoms with Crippen LogP contribution >= 0.6 is 0 Å². The van der Waals surface area contributed by atoms with Gasteiger partial charge in [-0.05, 0) is 49.6 Å². The summed E-state index contributed by atoms with van der Waals surface area (Å²) in [7, 11) is 0. The topological polar surface area (TPSA) is 70.7 Å². The van der Waals surface area contributed by atoms with Gasteiger partial charge >= 0.3 is 0 Å². The van der Waals surface area contributed by atoms with Gasteiger partial charge in [-0.15, -0.1) is 0 Å². The predicted molar refractivity (Wildman–Crippen MR) is 114 cm³/mol. The Morgan fingerprint density at radius 1 is 1.10 bits per heavy atom. The number of nitrogens with one attached hydrogen (secondary N) is 2. The van der Waals surface area contributed by atoms with Crippen molar-refractivity contribution in [3.8, 4) is 0 Å². The van der Waals surface area contributed by atoms with Crippen molar-refractivity contribution in [3.63, 3.8) is 0 Å². The van der Waals surface area contributed by atoms with Crippen molar-refractivity contribution >= 4 is 28.3 Å². The van der Waals surface area contributed by atoms with Crippen LogP contribution in [0.4, 0.5) is 5.69 Å². The summed E-state index contributed by atoms with van der Waals surface area (Å²) >= 11 is 0. The zero-order valence-electron chi connectivity index (χ0n) is 17.2. The van der Waals surface area contributed by atoms with Crippen LogP contribution in [0.15, 0.2) is 36.4 Å². The first kappa shape index (κ1) is 19.9. The molecule has 2 aromatic carbocycles. The molecule has 1 saturated heterocycles. The Balaban J connectivity index is 1.54. The summed E-state index contributed by atoms with van der Waals surface area (Å²) in [6.45, 7) is 7.96. The molecule has 0 atom stereocenters. The van der Waals surface area contributed by atoms with E-state index in [4.69, 9.17) is 4.74 Å². The van der Waals surface area contributed by atoms with E-state index in [2.05, 4.69) is 29.4 Å². The number of morpholine rings is 1. The van der Waals surface area contributed by atoms with E-state index in [1.165, 1.54) is 0 Å². The van der Waals surface area contributed by atoms with Crippen LogP contribution in [0.3, 0.4) is 0 Å². The van der Waals surface area contributed by atoms with Crippen molar-refractivity contribution in [1.29, 1.82) is 0 Å². The first-order valence-corrected chi connectivity index (χ1v) is 10.4. The highest BCUT2D eigenvalue weighted by atomic mass is 16.5. The molecule has 0 unspecified atom stereocenters. The maximum absolute atomic E-state index is 13.1. The van der Waals surface area contributed by atoms with Crippen molar-refractivity contribution in [1.82, 2.24) is 10.2 Å². The number of amides is 2. The van der Waals surface area contributed by atoms with Crippen LogP contribution in [-0.4, -0.2) is 55.1 Å². The van der Waals surface area contributed by atoms with Gasteiger partial charge in [-0.25, -0.2) is 0 Å². The fraction of sp³-hybridized carbons (Fsp3) is 0.478. The van der Waals surface area contributed by atoms with E-state index in [9.17, 15) is 9.59 Å². The maximum atomic E-state index is 13.1. The molecule has 0 radical (unpaired) electrons. The number of carbonyl (C=O) groups excluding carboxylic acids is 2. The molecule has 1 heterocycles. The number of hydrogen-bond acceptors (Lipinski definition) is 4. The second-order valence-electron chi connectivity index (χ2n) is 8.60. The molecular formula is C23H29N3O3. The van der Waals surface area contributed by atoms with Crippen LogP contribution in [0.2, 0.25) is 0 Å². The average molecular weight is 396 g/mol. The zero-order valence-corrected chi connectivity index (χ0v) is 17.2. The van der Waals surface area contributed by atoms with Gasteiger partial charge in [0.25, 0.3) is 5.91 Å². The minimum absolute atomic E-state index is 0.00276. The second kappa shape index (κ2) is 8.13. The molecule has 154 valence electrons. The predicted octanol–water partition coefficient (Wildman–Crippen LogP) is 3.03. The van der Waals surface area contributed by atoms with Gasteiger partial charge in [-0.2, -0.15) is 0 Å². The summed E-state index contributed by atoms with van der Waals surface area (Å²) in [6, 6.07) is 11.7. The summed E-state index contributed by atoms with van der Waals surface area (Å²) in [6.07, 6.45) is 1.85. The maximum Gasteiger partial charge on any atom is 0.253 e.